The summed E-state index contributed by atoms with van der Waals surface area (Å²) in [5, 5.41) is 0. The molecular formula is C29H33N5. The molecule has 5 heteroatoms. The van der Waals surface area contributed by atoms with Crippen LogP contribution in [-0.2, 0) is 10.8 Å². The number of rotatable bonds is 6. The lowest BCUT2D eigenvalue weighted by Gasteiger charge is -2.23. The molecule has 0 aliphatic carbocycles. The van der Waals surface area contributed by atoms with Crippen LogP contribution >= 0.6 is 0 Å². The van der Waals surface area contributed by atoms with Gasteiger partial charge in [-0.25, -0.2) is 15.0 Å². The highest BCUT2D eigenvalue weighted by Crippen LogP contribution is 2.31. The van der Waals surface area contributed by atoms with Crippen molar-refractivity contribution < 1.29 is 0 Å². The summed E-state index contributed by atoms with van der Waals surface area (Å²) < 4.78 is 0. The van der Waals surface area contributed by atoms with Gasteiger partial charge < -0.3 is 9.97 Å². The summed E-state index contributed by atoms with van der Waals surface area (Å²) in [6, 6.07) is 19.0. The van der Waals surface area contributed by atoms with E-state index in [2.05, 4.69) is 87.9 Å². The number of fused-ring (bicyclic) bond motifs is 2. The highest BCUT2D eigenvalue weighted by atomic mass is 15.0. The van der Waals surface area contributed by atoms with Gasteiger partial charge in [-0.1, -0.05) is 59.7 Å². The Bertz CT molecular complexity index is 1380. The van der Waals surface area contributed by atoms with Crippen molar-refractivity contribution >= 4 is 22.1 Å². The average molecular weight is 452 g/mol. The second-order valence-corrected chi connectivity index (χ2v) is 10.5. The maximum absolute atomic E-state index is 4.89. The quantitative estimate of drug-likeness (QED) is 0.280. The average Bonchev–Trinajstić information content (AvgIpc) is 3.47. The molecule has 2 N–H and O–H groups in total. The molecule has 0 aliphatic heterocycles. The normalized spacial score (nSPS) is 12.6. The largest absolute Gasteiger partial charge is 0.337 e. The molecule has 0 saturated heterocycles. The first-order valence-corrected chi connectivity index (χ1v) is 12.2. The highest BCUT2D eigenvalue weighted by molar-refractivity contribution is 5.81. The van der Waals surface area contributed by atoms with Gasteiger partial charge in [0, 0.05) is 0 Å². The molecule has 0 amide bonds. The molecule has 0 spiro atoms. The molecule has 0 saturated carbocycles. The molecule has 174 valence electrons. The summed E-state index contributed by atoms with van der Waals surface area (Å²) in [7, 11) is 0. The second-order valence-electron chi connectivity index (χ2n) is 10.5. The van der Waals surface area contributed by atoms with Crippen molar-refractivity contribution in [3.05, 3.63) is 65.7 Å². The van der Waals surface area contributed by atoms with Crippen LogP contribution in [0.5, 0.6) is 0 Å². The topological polar surface area (TPSA) is 70.2 Å². The molecule has 2 aromatic carbocycles. The molecule has 3 aromatic heterocycles. The van der Waals surface area contributed by atoms with Crippen molar-refractivity contribution in [2.75, 3.05) is 0 Å². The van der Waals surface area contributed by atoms with Crippen LogP contribution in [-0.4, -0.2) is 24.9 Å². The van der Waals surface area contributed by atoms with E-state index in [0.717, 1.165) is 57.9 Å². The van der Waals surface area contributed by atoms with Gasteiger partial charge in [-0.05, 0) is 71.2 Å². The zero-order valence-electron chi connectivity index (χ0n) is 21.0. The van der Waals surface area contributed by atoms with Gasteiger partial charge >= 0.3 is 0 Å². The lowest BCUT2D eigenvalue weighted by Crippen LogP contribution is -2.15. The molecule has 5 aromatic rings. The molecule has 0 unspecified atom stereocenters. The Kier molecular flexibility index (Phi) is 5.31. The van der Waals surface area contributed by atoms with E-state index in [1.165, 1.54) is 11.1 Å². The van der Waals surface area contributed by atoms with Crippen LogP contribution in [0.25, 0.3) is 45.1 Å². The monoisotopic (exact) mass is 451 g/mol. The Morgan fingerprint density at radius 2 is 1.18 bits per heavy atom. The Labute approximate surface area is 201 Å². The van der Waals surface area contributed by atoms with Crippen LogP contribution in [0.1, 0.15) is 65.5 Å². The van der Waals surface area contributed by atoms with Crippen molar-refractivity contribution in [2.45, 2.75) is 65.2 Å². The molecule has 34 heavy (non-hydrogen) atoms. The maximum atomic E-state index is 4.89. The van der Waals surface area contributed by atoms with Gasteiger partial charge in [0.05, 0.1) is 22.1 Å². The molecule has 5 nitrogen and oxygen atoms in total. The predicted octanol–water partition coefficient (Wildman–Crippen LogP) is 7.54. The van der Waals surface area contributed by atoms with E-state index >= 15 is 0 Å². The Balaban J connectivity index is 1.51. The smallest absolute Gasteiger partial charge is 0.157 e. The van der Waals surface area contributed by atoms with Gasteiger partial charge in [0.2, 0.25) is 0 Å². The second kappa shape index (κ2) is 8.08. The molecule has 0 aliphatic rings. The van der Waals surface area contributed by atoms with E-state index in [0.29, 0.717) is 0 Å². The minimum Gasteiger partial charge on any atom is -0.337 e. The number of aromatic amines is 2. The number of nitrogens with zero attached hydrogens (tertiary/aromatic N) is 3. The first kappa shape index (κ1) is 22.3. The molecular weight excluding hydrogens is 418 g/mol. The first-order valence-electron chi connectivity index (χ1n) is 12.2. The third-order valence-corrected chi connectivity index (χ3v) is 7.53. The number of hydrogen-bond acceptors (Lipinski definition) is 3. The number of hydrogen-bond donors (Lipinski definition) is 2. The van der Waals surface area contributed by atoms with Gasteiger partial charge in [0.1, 0.15) is 11.4 Å². The summed E-state index contributed by atoms with van der Waals surface area (Å²) in [6.07, 6.45) is 2.16. The zero-order valence-corrected chi connectivity index (χ0v) is 21.0. The minimum atomic E-state index is 0.124. The number of aromatic nitrogens is 5. The van der Waals surface area contributed by atoms with Crippen molar-refractivity contribution in [1.29, 1.82) is 0 Å². The van der Waals surface area contributed by atoms with Gasteiger partial charge in [-0.2, -0.15) is 0 Å². The summed E-state index contributed by atoms with van der Waals surface area (Å²) in [5.74, 6) is 1.54. The van der Waals surface area contributed by atoms with Crippen LogP contribution in [0.3, 0.4) is 0 Å². The molecule has 0 fully saturated rings. The number of nitrogens with one attached hydrogen (secondary N) is 2. The van der Waals surface area contributed by atoms with Gasteiger partial charge in [0.15, 0.2) is 11.6 Å². The summed E-state index contributed by atoms with van der Waals surface area (Å²) >= 11 is 0. The Morgan fingerprint density at radius 3 is 1.82 bits per heavy atom. The fourth-order valence-corrected chi connectivity index (χ4v) is 4.21. The van der Waals surface area contributed by atoms with Crippen LogP contribution in [0.15, 0.2) is 54.6 Å². The van der Waals surface area contributed by atoms with E-state index < -0.39 is 0 Å². The predicted molar refractivity (Wildman–Crippen MR) is 141 cm³/mol. The van der Waals surface area contributed by atoms with Crippen LogP contribution in [0.2, 0.25) is 0 Å². The van der Waals surface area contributed by atoms with E-state index in [1.807, 2.05) is 18.2 Å². The number of H-pyrrole nitrogens is 2. The van der Waals surface area contributed by atoms with Crippen molar-refractivity contribution in [2.24, 2.45) is 0 Å². The standard InChI is InChI=1S/C29H33N5/c1-7-28(3,4)18-12-14-20-24(16-18)33-26(31-20)22-10-9-11-23(30-22)27-32-21-15-13-19(17-25(21)34-27)29(5,6)8-2/h9-17H,7-8H2,1-6H3,(H,31,33)(H,32,34). The summed E-state index contributed by atoms with van der Waals surface area (Å²) in [6.45, 7) is 13.5. The Hall–Kier alpha value is -3.47. The van der Waals surface area contributed by atoms with E-state index in [1.54, 1.807) is 0 Å². The van der Waals surface area contributed by atoms with Crippen molar-refractivity contribution in [3.8, 4) is 23.0 Å². The first-order chi connectivity index (χ1) is 16.2. The minimum absolute atomic E-state index is 0.124. The van der Waals surface area contributed by atoms with Gasteiger partial charge in [0.25, 0.3) is 0 Å². The van der Waals surface area contributed by atoms with Crippen molar-refractivity contribution in [3.63, 3.8) is 0 Å². The molecule has 0 bridgehead atoms. The molecule has 0 radical (unpaired) electrons. The lowest BCUT2D eigenvalue weighted by molar-refractivity contribution is 0.506. The van der Waals surface area contributed by atoms with Gasteiger partial charge in [-0.15, -0.1) is 0 Å². The van der Waals surface area contributed by atoms with E-state index in [9.17, 15) is 0 Å². The van der Waals surface area contributed by atoms with E-state index in [4.69, 9.17) is 15.0 Å². The molecule has 5 rings (SSSR count). The fourth-order valence-electron chi connectivity index (χ4n) is 4.21. The lowest BCUT2D eigenvalue weighted by atomic mass is 9.82. The van der Waals surface area contributed by atoms with Crippen LogP contribution in [0, 0.1) is 0 Å². The highest BCUT2D eigenvalue weighted by Gasteiger charge is 2.20. The molecule has 0 atom stereocenters. The van der Waals surface area contributed by atoms with Crippen LogP contribution < -0.4 is 0 Å². The number of benzene rings is 2. The third kappa shape index (κ3) is 3.89. The van der Waals surface area contributed by atoms with Crippen LogP contribution in [0.4, 0.5) is 0 Å². The SMILES string of the molecule is CCC(C)(C)c1ccc2[nH]c(-c3cccc(-c4nc5ccc(C(C)(C)CC)cc5[nH]4)n3)nc2c1. The Morgan fingerprint density at radius 1 is 0.618 bits per heavy atom. The third-order valence-electron chi connectivity index (χ3n) is 7.53. The fraction of sp³-hybridized carbons (Fsp3) is 0.345. The number of imidazole rings is 2. The summed E-state index contributed by atoms with van der Waals surface area (Å²) in [4.78, 5) is 21.5. The van der Waals surface area contributed by atoms with Gasteiger partial charge in [-0.3, -0.25) is 0 Å². The zero-order chi connectivity index (χ0) is 24.1. The number of pyridine rings is 1. The molecule has 3 heterocycles. The van der Waals surface area contributed by atoms with E-state index in [-0.39, 0.29) is 10.8 Å². The summed E-state index contributed by atoms with van der Waals surface area (Å²) in [5.41, 5.74) is 8.45. The van der Waals surface area contributed by atoms with Crippen molar-refractivity contribution in [1.82, 2.24) is 24.9 Å². The maximum Gasteiger partial charge on any atom is 0.157 e.